The molecule has 0 aromatic rings. The maximum absolute atomic E-state index is 5.82. The van der Waals surface area contributed by atoms with E-state index in [1.807, 2.05) is 0 Å². The van der Waals surface area contributed by atoms with Crippen LogP contribution in [0.25, 0.3) is 0 Å². The van der Waals surface area contributed by atoms with Crippen LogP contribution in [-0.4, -0.2) is 49.3 Å². The Morgan fingerprint density at radius 2 is 1.95 bits per heavy atom. The van der Waals surface area contributed by atoms with Crippen LogP contribution in [0, 0.1) is 11.8 Å². The van der Waals surface area contributed by atoms with Crippen LogP contribution in [0.2, 0.25) is 0 Å². The molecule has 0 saturated carbocycles. The summed E-state index contributed by atoms with van der Waals surface area (Å²) in [5, 5.41) is 3.74. The molecule has 0 spiro atoms. The van der Waals surface area contributed by atoms with E-state index >= 15 is 0 Å². The van der Waals surface area contributed by atoms with E-state index in [-0.39, 0.29) is 5.54 Å². The first kappa shape index (κ1) is 17.9. The summed E-state index contributed by atoms with van der Waals surface area (Å²) in [6.45, 7) is 18.9. The Hall–Kier alpha value is -0.120. The molecule has 0 amide bonds. The summed E-state index contributed by atoms with van der Waals surface area (Å²) >= 11 is 0. The zero-order chi connectivity index (χ0) is 15.2. The average molecular weight is 284 g/mol. The summed E-state index contributed by atoms with van der Waals surface area (Å²) in [5.41, 5.74) is 0.267. The Morgan fingerprint density at radius 3 is 2.50 bits per heavy atom. The van der Waals surface area contributed by atoms with E-state index in [4.69, 9.17) is 4.74 Å². The van der Waals surface area contributed by atoms with E-state index in [1.165, 1.54) is 12.8 Å². The van der Waals surface area contributed by atoms with Crippen molar-refractivity contribution in [2.45, 2.75) is 66.0 Å². The molecule has 0 aromatic heterocycles. The normalized spacial score (nSPS) is 28.5. The van der Waals surface area contributed by atoms with Crippen LogP contribution >= 0.6 is 0 Å². The molecule has 1 rings (SSSR count). The summed E-state index contributed by atoms with van der Waals surface area (Å²) < 4.78 is 5.82. The van der Waals surface area contributed by atoms with Gasteiger partial charge in [-0.25, -0.2) is 0 Å². The summed E-state index contributed by atoms with van der Waals surface area (Å²) in [6.07, 6.45) is 2.35. The van der Waals surface area contributed by atoms with Crippen LogP contribution in [0.4, 0.5) is 0 Å². The minimum Gasteiger partial charge on any atom is -0.380 e. The van der Waals surface area contributed by atoms with Gasteiger partial charge in [0.05, 0.1) is 6.61 Å². The van der Waals surface area contributed by atoms with Gasteiger partial charge >= 0.3 is 0 Å². The summed E-state index contributed by atoms with van der Waals surface area (Å²) in [6, 6.07) is 0.642. The molecule has 1 aliphatic rings. The smallest absolute Gasteiger partial charge is 0.0593 e. The van der Waals surface area contributed by atoms with Crippen molar-refractivity contribution in [1.82, 2.24) is 10.2 Å². The number of piperazine rings is 1. The van der Waals surface area contributed by atoms with Crippen molar-refractivity contribution in [1.29, 1.82) is 0 Å². The number of hydrogen-bond acceptors (Lipinski definition) is 3. The second-order valence-corrected chi connectivity index (χ2v) is 7.37. The average Bonchev–Trinajstić information content (AvgIpc) is 2.37. The number of nitrogens with zero attached hydrogens (tertiary/aromatic N) is 1. The topological polar surface area (TPSA) is 24.5 Å². The van der Waals surface area contributed by atoms with Crippen LogP contribution in [0.5, 0.6) is 0 Å². The van der Waals surface area contributed by atoms with Crippen molar-refractivity contribution in [3.63, 3.8) is 0 Å². The molecule has 3 heteroatoms. The fourth-order valence-corrected chi connectivity index (χ4v) is 2.84. The van der Waals surface area contributed by atoms with E-state index in [0.29, 0.717) is 12.0 Å². The van der Waals surface area contributed by atoms with E-state index in [0.717, 1.165) is 38.8 Å². The first-order valence-electron chi connectivity index (χ1n) is 8.45. The molecule has 1 aliphatic heterocycles. The van der Waals surface area contributed by atoms with Gasteiger partial charge in [0, 0.05) is 37.8 Å². The first-order valence-corrected chi connectivity index (χ1v) is 8.45. The number of ether oxygens (including phenoxy) is 1. The van der Waals surface area contributed by atoms with Gasteiger partial charge in [-0.15, -0.1) is 0 Å². The molecular formula is C17H36N2O. The van der Waals surface area contributed by atoms with Gasteiger partial charge in [-0.3, -0.25) is 4.90 Å². The van der Waals surface area contributed by atoms with Gasteiger partial charge in [-0.05, 0) is 31.6 Å². The van der Waals surface area contributed by atoms with Gasteiger partial charge in [0.25, 0.3) is 0 Å². The maximum Gasteiger partial charge on any atom is 0.0593 e. The molecule has 2 unspecified atom stereocenters. The quantitative estimate of drug-likeness (QED) is 0.693. The molecule has 1 saturated heterocycles. The second kappa shape index (κ2) is 8.35. The summed E-state index contributed by atoms with van der Waals surface area (Å²) in [5.74, 6) is 1.43. The van der Waals surface area contributed by atoms with Crippen LogP contribution < -0.4 is 5.32 Å². The van der Waals surface area contributed by atoms with Crippen molar-refractivity contribution in [3.05, 3.63) is 0 Å². The van der Waals surface area contributed by atoms with Crippen LogP contribution in [0.15, 0.2) is 0 Å². The largest absolute Gasteiger partial charge is 0.380 e. The highest BCUT2D eigenvalue weighted by Crippen LogP contribution is 2.22. The molecule has 3 nitrogen and oxygen atoms in total. The third-order valence-electron chi connectivity index (χ3n) is 4.67. The van der Waals surface area contributed by atoms with Gasteiger partial charge in [0.15, 0.2) is 0 Å². The molecule has 1 fully saturated rings. The Kier molecular flexibility index (Phi) is 7.49. The lowest BCUT2D eigenvalue weighted by Crippen LogP contribution is -2.64. The van der Waals surface area contributed by atoms with E-state index < -0.39 is 0 Å². The monoisotopic (exact) mass is 284 g/mol. The Bertz CT molecular complexity index is 268. The molecule has 0 aliphatic carbocycles. The lowest BCUT2D eigenvalue weighted by molar-refractivity contribution is 0.0264. The highest BCUT2D eigenvalue weighted by atomic mass is 16.5. The van der Waals surface area contributed by atoms with Crippen LogP contribution in [-0.2, 0) is 4.74 Å². The molecule has 0 radical (unpaired) electrons. The standard InChI is InChI=1S/C17H36N2O/c1-7-17(6)13-19(16(12-18-17)15(4)5)9-11-20-10-8-14(2)3/h14-16,18H,7-13H2,1-6H3. The van der Waals surface area contributed by atoms with Gasteiger partial charge in [0.2, 0.25) is 0 Å². The van der Waals surface area contributed by atoms with Gasteiger partial charge in [0.1, 0.15) is 0 Å². The Labute approximate surface area is 126 Å². The number of rotatable bonds is 8. The highest BCUT2D eigenvalue weighted by molar-refractivity contribution is 4.95. The minimum absolute atomic E-state index is 0.267. The second-order valence-electron chi connectivity index (χ2n) is 7.37. The first-order chi connectivity index (χ1) is 9.38. The van der Waals surface area contributed by atoms with E-state index in [1.54, 1.807) is 0 Å². The molecule has 2 atom stereocenters. The molecule has 1 heterocycles. The number of hydrogen-bond donors (Lipinski definition) is 1. The Morgan fingerprint density at radius 1 is 1.25 bits per heavy atom. The minimum atomic E-state index is 0.267. The molecular weight excluding hydrogens is 248 g/mol. The zero-order valence-corrected chi connectivity index (χ0v) is 14.5. The predicted molar refractivity (Wildman–Crippen MR) is 87.2 cm³/mol. The number of nitrogens with one attached hydrogen (secondary N) is 1. The van der Waals surface area contributed by atoms with E-state index in [2.05, 4.69) is 51.8 Å². The van der Waals surface area contributed by atoms with Crippen LogP contribution in [0.3, 0.4) is 0 Å². The van der Waals surface area contributed by atoms with E-state index in [9.17, 15) is 0 Å². The summed E-state index contributed by atoms with van der Waals surface area (Å²) in [4.78, 5) is 2.64. The van der Waals surface area contributed by atoms with Gasteiger partial charge < -0.3 is 10.1 Å². The fourth-order valence-electron chi connectivity index (χ4n) is 2.84. The molecule has 20 heavy (non-hydrogen) atoms. The van der Waals surface area contributed by atoms with Crippen molar-refractivity contribution in [3.8, 4) is 0 Å². The third-order valence-corrected chi connectivity index (χ3v) is 4.67. The van der Waals surface area contributed by atoms with Crippen LogP contribution in [0.1, 0.15) is 54.4 Å². The van der Waals surface area contributed by atoms with Gasteiger partial charge in [-0.1, -0.05) is 34.6 Å². The maximum atomic E-state index is 5.82. The molecule has 1 N–H and O–H groups in total. The van der Waals surface area contributed by atoms with Crippen molar-refractivity contribution in [2.75, 3.05) is 32.8 Å². The lowest BCUT2D eigenvalue weighted by Gasteiger charge is -2.47. The predicted octanol–water partition coefficient (Wildman–Crippen LogP) is 3.15. The van der Waals surface area contributed by atoms with Crippen molar-refractivity contribution < 1.29 is 4.74 Å². The highest BCUT2D eigenvalue weighted by Gasteiger charge is 2.35. The molecule has 120 valence electrons. The van der Waals surface area contributed by atoms with Crippen molar-refractivity contribution >= 4 is 0 Å². The Balaban J connectivity index is 2.40. The lowest BCUT2D eigenvalue weighted by atomic mass is 9.90. The SMILES string of the molecule is CCC1(C)CN(CCOCCC(C)C)C(C(C)C)CN1. The zero-order valence-electron chi connectivity index (χ0n) is 14.5. The van der Waals surface area contributed by atoms with Crippen molar-refractivity contribution in [2.24, 2.45) is 11.8 Å². The fraction of sp³-hybridized carbons (Fsp3) is 1.00. The molecule has 0 bridgehead atoms. The molecule has 0 aromatic carbocycles. The third kappa shape index (κ3) is 5.71. The summed E-state index contributed by atoms with van der Waals surface area (Å²) in [7, 11) is 0. The van der Waals surface area contributed by atoms with Gasteiger partial charge in [-0.2, -0.15) is 0 Å².